The van der Waals surface area contributed by atoms with Crippen LogP contribution in [0.15, 0.2) is 18.2 Å². The third kappa shape index (κ3) is 2.48. The number of hydrogen-bond donors (Lipinski definition) is 1. The maximum absolute atomic E-state index is 8.65. The van der Waals surface area contributed by atoms with Crippen molar-refractivity contribution in [2.45, 2.75) is 39.5 Å². The number of hydrogen-bond acceptors (Lipinski definition) is 2. The first-order chi connectivity index (χ1) is 6.54. The Kier molecular flexibility index (Phi) is 3.53. The van der Waals surface area contributed by atoms with Crippen molar-refractivity contribution in [3.63, 3.8) is 0 Å². The number of benzene rings is 1. The largest absolute Gasteiger partial charge is 0.340 e. The van der Waals surface area contributed by atoms with Gasteiger partial charge in [0.25, 0.3) is 0 Å². The predicted molar refractivity (Wildman–Crippen MR) is 57.9 cm³/mol. The van der Waals surface area contributed by atoms with E-state index in [0.29, 0.717) is 17.6 Å². The maximum atomic E-state index is 8.65. The summed E-state index contributed by atoms with van der Waals surface area (Å²) in [6.45, 7) is 8.50. The van der Waals surface area contributed by atoms with E-state index in [1.54, 1.807) is 0 Å². The molecule has 14 heavy (non-hydrogen) atoms. The fourth-order valence-electron chi connectivity index (χ4n) is 1.37. The van der Waals surface area contributed by atoms with Crippen LogP contribution in [0.2, 0.25) is 0 Å². The van der Waals surface area contributed by atoms with Crippen molar-refractivity contribution in [3.8, 4) is 5.75 Å². The summed E-state index contributed by atoms with van der Waals surface area (Å²) in [5.41, 5.74) is 2.39. The fraction of sp³-hybridized carbons (Fsp3) is 0.500. The molecule has 0 fully saturated rings. The molecule has 1 rings (SSSR count). The highest BCUT2D eigenvalue weighted by atomic mass is 17.1. The maximum Gasteiger partial charge on any atom is 0.165 e. The Morgan fingerprint density at radius 1 is 0.929 bits per heavy atom. The van der Waals surface area contributed by atoms with E-state index in [1.807, 2.05) is 12.1 Å². The van der Waals surface area contributed by atoms with Crippen molar-refractivity contribution in [2.24, 2.45) is 0 Å². The Balaban J connectivity index is 3.13. The minimum Gasteiger partial charge on any atom is -0.340 e. The molecule has 78 valence electrons. The summed E-state index contributed by atoms with van der Waals surface area (Å²) >= 11 is 0. The average Bonchev–Trinajstić information content (AvgIpc) is 2.16. The molecule has 0 spiro atoms. The van der Waals surface area contributed by atoms with E-state index in [1.165, 1.54) is 11.1 Å². The Bertz CT molecular complexity index is 277. The molecule has 1 N–H and O–H groups in total. The molecule has 0 aromatic heterocycles. The van der Waals surface area contributed by atoms with Gasteiger partial charge in [0.1, 0.15) is 0 Å². The number of rotatable bonds is 3. The van der Waals surface area contributed by atoms with E-state index in [-0.39, 0.29) is 0 Å². The monoisotopic (exact) mass is 194 g/mol. The van der Waals surface area contributed by atoms with E-state index >= 15 is 0 Å². The smallest absolute Gasteiger partial charge is 0.165 e. The van der Waals surface area contributed by atoms with Gasteiger partial charge in [0.15, 0.2) is 5.75 Å². The molecule has 1 aromatic rings. The zero-order valence-electron chi connectivity index (χ0n) is 9.24. The summed E-state index contributed by atoms with van der Waals surface area (Å²) in [4.78, 5) is 4.30. The van der Waals surface area contributed by atoms with Gasteiger partial charge in [-0.3, -0.25) is 0 Å². The van der Waals surface area contributed by atoms with Crippen molar-refractivity contribution in [1.82, 2.24) is 0 Å². The summed E-state index contributed by atoms with van der Waals surface area (Å²) < 4.78 is 0. The SMILES string of the molecule is CC(C)c1cc(OO)cc(C(C)C)c1. The fourth-order valence-corrected chi connectivity index (χ4v) is 1.37. The summed E-state index contributed by atoms with van der Waals surface area (Å²) in [5, 5.41) is 8.65. The van der Waals surface area contributed by atoms with Crippen LogP contribution >= 0.6 is 0 Å². The predicted octanol–water partition coefficient (Wildman–Crippen LogP) is 3.79. The highest BCUT2D eigenvalue weighted by molar-refractivity contribution is 5.37. The second-order valence-electron chi connectivity index (χ2n) is 4.24. The minimum atomic E-state index is 0.447. The van der Waals surface area contributed by atoms with Gasteiger partial charge in [-0.2, -0.15) is 0 Å². The Morgan fingerprint density at radius 2 is 1.36 bits per heavy atom. The molecule has 0 aliphatic carbocycles. The van der Waals surface area contributed by atoms with Crippen LogP contribution in [0.1, 0.15) is 50.7 Å². The average molecular weight is 194 g/mol. The van der Waals surface area contributed by atoms with E-state index in [9.17, 15) is 0 Å². The van der Waals surface area contributed by atoms with Crippen molar-refractivity contribution < 1.29 is 10.1 Å². The minimum absolute atomic E-state index is 0.447. The van der Waals surface area contributed by atoms with Gasteiger partial charge in [-0.15, -0.1) is 0 Å². The molecule has 2 heteroatoms. The van der Waals surface area contributed by atoms with Gasteiger partial charge in [-0.05, 0) is 35.1 Å². The van der Waals surface area contributed by atoms with Gasteiger partial charge in [0, 0.05) is 0 Å². The van der Waals surface area contributed by atoms with Gasteiger partial charge in [-0.1, -0.05) is 33.8 Å². The second-order valence-corrected chi connectivity index (χ2v) is 4.24. The van der Waals surface area contributed by atoms with E-state index in [4.69, 9.17) is 5.26 Å². The first-order valence-electron chi connectivity index (χ1n) is 5.01. The lowest BCUT2D eigenvalue weighted by Crippen LogP contribution is -1.95. The van der Waals surface area contributed by atoms with Crippen molar-refractivity contribution in [2.75, 3.05) is 0 Å². The molecular formula is C12H18O2. The Labute approximate surface area is 85.5 Å². The van der Waals surface area contributed by atoms with Crippen LogP contribution in [-0.2, 0) is 0 Å². The van der Waals surface area contributed by atoms with E-state index < -0.39 is 0 Å². The molecule has 0 bridgehead atoms. The molecule has 0 saturated carbocycles. The van der Waals surface area contributed by atoms with Crippen LogP contribution in [0.3, 0.4) is 0 Å². The van der Waals surface area contributed by atoms with Gasteiger partial charge in [0.05, 0.1) is 0 Å². The van der Waals surface area contributed by atoms with Crippen molar-refractivity contribution in [3.05, 3.63) is 29.3 Å². The second kappa shape index (κ2) is 4.47. The summed E-state index contributed by atoms with van der Waals surface area (Å²) in [5.74, 6) is 1.42. The zero-order chi connectivity index (χ0) is 10.7. The van der Waals surface area contributed by atoms with Crippen LogP contribution in [0.5, 0.6) is 5.75 Å². The highest BCUT2D eigenvalue weighted by Gasteiger charge is 2.07. The van der Waals surface area contributed by atoms with Crippen LogP contribution in [0, 0.1) is 0 Å². The molecular weight excluding hydrogens is 176 g/mol. The van der Waals surface area contributed by atoms with Crippen LogP contribution in [0.4, 0.5) is 0 Å². The van der Waals surface area contributed by atoms with Gasteiger partial charge in [0.2, 0.25) is 0 Å². The van der Waals surface area contributed by atoms with Gasteiger partial charge in [-0.25, -0.2) is 5.26 Å². The summed E-state index contributed by atoms with van der Waals surface area (Å²) in [7, 11) is 0. The normalized spacial score (nSPS) is 11.1. The van der Waals surface area contributed by atoms with E-state index in [2.05, 4.69) is 38.6 Å². The molecule has 0 atom stereocenters. The molecule has 0 unspecified atom stereocenters. The lowest BCUT2D eigenvalue weighted by Gasteiger charge is -2.12. The van der Waals surface area contributed by atoms with Gasteiger partial charge < -0.3 is 4.89 Å². The topological polar surface area (TPSA) is 29.5 Å². The summed E-state index contributed by atoms with van der Waals surface area (Å²) in [6, 6.07) is 5.91. The molecule has 0 amide bonds. The van der Waals surface area contributed by atoms with Crippen LogP contribution in [0.25, 0.3) is 0 Å². The molecule has 2 nitrogen and oxygen atoms in total. The van der Waals surface area contributed by atoms with Crippen molar-refractivity contribution >= 4 is 0 Å². The highest BCUT2D eigenvalue weighted by Crippen LogP contribution is 2.26. The first kappa shape index (κ1) is 11.1. The standard InChI is InChI=1S/C12H18O2/c1-8(2)10-5-11(9(3)4)7-12(6-10)14-13/h5-9,13H,1-4H3. The quantitative estimate of drug-likeness (QED) is 0.586. The lowest BCUT2D eigenvalue weighted by molar-refractivity contribution is -0.137. The van der Waals surface area contributed by atoms with Gasteiger partial charge >= 0.3 is 0 Å². The molecule has 1 aromatic carbocycles. The Hall–Kier alpha value is -1.02. The summed E-state index contributed by atoms with van der Waals surface area (Å²) in [6.07, 6.45) is 0. The van der Waals surface area contributed by atoms with Crippen LogP contribution < -0.4 is 4.89 Å². The molecule has 0 saturated heterocycles. The Morgan fingerprint density at radius 3 is 1.64 bits per heavy atom. The third-order valence-corrected chi connectivity index (χ3v) is 2.39. The van der Waals surface area contributed by atoms with E-state index in [0.717, 1.165) is 0 Å². The third-order valence-electron chi connectivity index (χ3n) is 2.39. The molecule has 0 aliphatic heterocycles. The first-order valence-corrected chi connectivity index (χ1v) is 5.01. The molecule has 0 radical (unpaired) electrons. The van der Waals surface area contributed by atoms with Crippen molar-refractivity contribution in [1.29, 1.82) is 0 Å². The zero-order valence-corrected chi connectivity index (χ0v) is 9.24. The molecule has 0 heterocycles. The molecule has 0 aliphatic rings. The lowest BCUT2D eigenvalue weighted by atomic mass is 9.95. The van der Waals surface area contributed by atoms with Crippen LogP contribution in [-0.4, -0.2) is 5.26 Å².